The Morgan fingerprint density at radius 1 is 0.960 bits per heavy atom. The fraction of sp³-hybridized carbons (Fsp3) is 0.513. The number of ether oxygens (including phenoxy) is 2. The van der Waals surface area contributed by atoms with Crippen molar-refractivity contribution in [1.29, 1.82) is 0 Å². The lowest BCUT2D eigenvalue weighted by Gasteiger charge is -2.41. The van der Waals surface area contributed by atoms with Gasteiger partial charge in [0.2, 0.25) is 0 Å². The summed E-state index contributed by atoms with van der Waals surface area (Å²) in [5.74, 6) is -2.91. The predicted octanol–water partition coefficient (Wildman–Crippen LogP) is 8.22. The van der Waals surface area contributed by atoms with Crippen LogP contribution in [0, 0.1) is 25.1 Å². The highest BCUT2D eigenvalue weighted by atomic mass is 32.2. The van der Waals surface area contributed by atoms with Gasteiger partial charge in [-0.05, 0) is 109 Å². The Hall–Kier alpha value is -3.83. The number of esters is 1. The van der Waals surface area contributed by atoms with Crippen LogP contribution in [-0.4, -0.2) is 57.1 Å². The van der Waals surface area contributed by atoms with Gasteiger partial charge in [-0.15, -0.1) is 0 Å². The lowest BCUT2D eigenvalue weighted by Crippen LogP contribution is -2.39. The number of benzene rings is 2. The number of carboxylic acids is 1. The van der Waals surface area contributed by atoms with Crippen molar-refractivity contribution in [2.75, 3.05) is 24.5 Å². The molecular formula is C39H52FN3O6S. The van der Waals surface area contributed by atoms with Crippen molar-refractivity contribution >= 4 is 28.2 Å². The van der Waals surface area contributed by atoms with Crippen molar-refractivity contribution in [2.45, 2.75) is 110 Å². The van der Waals surface area contributed by atoms with Crippen molar-refractivity contribution in [3.05, 3.63) is 76.9 Å². The number of aliphatic carboxylic acids is 1. The van der Waals surface area contributed by atoms with Crippen LogP contribution in [0.15, 0.2) is 57.8 Å². The monoisotopic (exact) mass is 709 g/mol. The first-order valence-electron chi connectivity index (χ1n) is 17.1. The number of carbonyl (C=O) groups excluding carboxylic acids is 1. The Bertz CT molecular complexity index is 1780. The molecule has 1 fully saturated rings. The largest absolute Gasteiger partial charge is 0.479 e. The van der Waals surface area contributed by atoms with Gasteiger partial charge in [-0.25, -0.2) is 17.8 Å². The summed E-state index contributed by atoms with van der Waals surface area (Å²) in [6.07, 6.45) is 0.638. The van der Waals surface area contributed by atoms with E-state index in [2.05, 4.69) is 23.1 Å². The van der Waals surface area contributed by atoms with Gasteiger partial charge in [-0.1, -0.05) is 38.1 Å². The van der Waals surface area contributed by atoms with Gasteiger partial charge in [0, 0.05) is 40.5 Å². The number of carbonyl (C=O) groups is 2. The van der Waals surface area contributed by atoms with E-state index in [0.29, 0.717) is 21.7 Å². The maximum absolute atomic E-state index is 13.7. The van der Waals surface area contributed by atoms with Gasteiger partial charge in [0.15, 0.2) is 6.10 Å². The third-order valence-electron chi connectivity index (χ3n) is 8.70. The molecule has 2 unspecified atom stereocenters. The topological polar surface area (TPSA) is 118 Å². The number of piperidine rings is 1. The molecule has 2 aromatic carbocycles. The Morgan fingerprint density at radius 2 is 1.54 bits per heavy atom. The number of pyridine rings is 1. The molecular weight excluding hydrogens is 658 g/mol. The molecule has 0 bridgehead atoms. The highest BCUT2D eigenvalue weighted by Crippen LogP contribution is 2.45. The standard InChI is InChI=1S/C39H52FN3O6S/c1-24-31(33(43-21-19-39(9,10)20-22-43)32(25(2)42-24)34(35(44)45)48-37(3,4)5)27-13-17-29(18-14-27)50(47)41-23-30(36(46)49-38(6,7)8)26-11-15-28(40)16-12-26/h11-18,30,34,50H,19-23H2,1-10H3,(H,44,45)/t30?,34-/m0/s1. The Labute approximate surface area is 297 Å². The average molecular weight is 710 g/mol. The van der Waals surface area contributed by atoms with Crippen LogP contribution in [0.3, 0.4) is 0 Å². The van der Waals surface area contributed by atoms with E-state index in [1.807, 2.05) is 46.8 Å². The van der Waals surface area contributed by atoms with Crippen LogP contribution < -0.4 is 4.90 Å². The predicted molar refractivity (Wildman–Crippen MR) is 196 cm³/mol. The number of aryl methyl sites for hydroxylation is 2. The molecule has 272 valence electrons. The number of aromatic nitrogens is 1. The van der Waals surface area contributed by atoms with Crippen LogP contribution in [0.5, 0.6) is 0 Å². The molecule has 1 aliphatic rings. The molecule has 4 rings (SSSR count). The van der Waals surface area contributed by atoms with E-state index in [-0.39, 0.29) is 12.0 Å². The molecule has 1 aliphatic heterocycles. The number of hydrogen-bond donors (Lipinski definition) is 2. The number of nitrogens with zero attached hydrogens (tertiary/aromatic N) is 3. The van der Waals surface area contributed by atoms with Crippen LogP contribution in [0.1, 0.15) is 103 Å². The normalized spacial score (nSPS) is 16.9. The molecule has 11 heteroatoms. The van der Waals surface area contributed by atoms with Gasteiger partial charge in [-0.2, -0.15) is 0 Å². The van der Waals surface area contributed by atoms with Crippen LogP contribution in [-0.2, 0) is 29.7 Å². The van der Waals surface area contributed by atoms with Gasteiger partial charge in [-0.3, -0.25) is 9.78 Å². The SMILES string of the molecule is Cc1nc(C)c([C@H](OC(C)(C)C)C(=O)O)c(N2CCC(C)(C)CC2)c1-c1ccc(/[SH](=O)=N/CC(C(=O)OC(C)(C)C)c2ccc(F)cc2)cc1. The molecule has 1 saturated heterocycles. The average Bonchev–Trinajstić information content (AvgIpc) is 2.99. The van der Waals surface area contributed by atoms with Crippen LogP contribution >= 0.6 is 0 Å². The number of carboxylic acid groups (broad SMARTS) is 1. The maximum atomic E-state index is 13.7. The van der Waals surface area contributed by atoms with Crippen molar-refractivity contribution in [2.24, 2.45) is 9.78 Å². The molecule has 0 aliphatic carbocycles. The van der Waals surface area contributed by atoms with Crippen molar-refractivity contribution in [1.82, 2.24) is 4.98 Å². The molecule has 2 heterocycles. The second kappa shape index (κ2) is 15.2. The first kappa shape index (κ1) is 39.0. The molecule has 0 spiro atoms. The van der Waals surface area contributed by atoms with E-state index in [1.165, 1.54) is 24.3 Å². The summed E-state index contributed by atoms with van der Waals surface area (Å²) >= 11 is 0. The highest BCUT2D eigenvalue weighted by molar-refractivity contribution is 7.75. The van der Waals surface area contributed by atoms with Gasteiger partial charge < -0.3 is 19.5 Å². The summed E-state index contributed by atoms with van der Waals surface area (Å²) in [7, 11) is -2.26. The van der Waals surface area contributed by atoms with Gasteiger partial charge in [0.05, 0.1) is 28.4 Å². The lowest BCUT2D eigenvalue weighted by molar-refractivity contribution is -0.160. The van der Waals surface area contributed by atoms with Gasteiger partial charge in [0.25, 0.3) is 0 Å². The van der Waals surface area contributed by atoms with E-state index in [9.17, 15) is 23.3 Å². The molecule has 0 saturated carbocycles. The summed E-state index contributed by atoms with van der Waals surface area (Å²) in [5, 5.41) is 10.5. The van der Waals surface area contributed by atoms with Crippen LogP contribution in [0.4, 0.5) is 10.1 Å². The van der Waals surface area contributed by atoms with Gasteiger partial charge in [0.1, 0.15) is 17.3 Å². The van der Waals surface area contributed by atoms with E-state index >= 15 is 0 Å². The zero-order valence-electron chi connectivity index (χ0n) is 31.0. The first-order valence-corrected chi connectivity index (χ1v) is 18.3. The second-order valence-electron chi connectivity index (χ2n) is 15.8. The number of halogens is 1. The fourth-order valence-electron chi connectivity index (χ4n) is 6.13. The summed E-state index contributed by atoms with van der Waals surface area (Å²) in [4.78, 5) is 33.5. The maximum Gasteiger partial charge on any atom is 0.337 e. The summed E-state index contributed by atoms with van der Waals surface area (Å²) in [6.45, 7) is 20.4. The van der Waals surface area contributed by atoms with Crippen molar-refractivity contribution in [3.63, 3.8) is 0 Å². The number of anilines is 1. The summed E-state index contributed by atoms with van der Waals surface area (Å²) < 4.78 is 43.3. The lowest BCUT2D eigenvalue weighted by atomic mass is 9.82. The van der Waals surface area contributed by atoms with E-state index in [4.69, 9.17) is 14.5 Å². The molecule has 3 atom stereocenters. The number of rotatable bonds is 10. The summed E-state index contributed by atoms with van der Waals surface area (Å²) in [6, 6.07) is 12.7. The third-order valence-corrected chi connectivity index (χ3v) is 9.86. The van der Waals surface area contributed by atoms with Gasteiger partial charge >= 0.3 is 11.9 Å². The minimum absolute atomic E-state index is 0.109. The zero-order chi connectivity index (χ0) is 37.2. The minimum Gasteiger partial charge on any atom is -0.479 e. The fourth-order valence-corrected chi connectivity index (χ4v) is 7.01. The summed E-state index contributed by atoms with van der Waals surface area (Å²) in [5.41, 5.74) is 3.47. The molecule has 50 heavy (non-hydrogen) atoms. The van der Waals surface area contributed by atoms with E-state index in [0.717, 1.165) is 48.4 Å². The Morgan fingerprint density at radius 3 is 2.06 bits per heavy atom. The molecule has 9 nitrogen and oxygen atoms in total. The first-order chi connectivity index (χ1) is 23.2. The molecule has 1 aromatic heterocycles. The van der Waals surface area contributed by atoms with Crippen LogP contribution in [0.2, 0.25) is 0 Å². The van der Waals surface area contributed by atoms with E-state index < -0.39 is 51.6 Å². The van der Waals surface area contributed by atoms with Crippen LogP contribution in [0.25, 0.3) is 11.1 Å². The molecule has 0 amide bonds. The number of hydrogen-bond acceptors (Lipinski definition) is 8. The quantitative estimate of drug-likeness (QED) is 0.160. The number of thiol groups is 1. The third kappa shape index (κ3) is 9.90. The molecule has 0 radical (unpaired) electrons. The minimum atomic E-state index is -2.26. The molecule has 1 N–H and O–H groups in total. The smallest absolute Gasteiger partial charge is 0.337 e. The second-order valence-corrected chi connectivity index (χ2v) is 17.1. The highest BCUT2D eigenvalue weighted by Gasteiger charge is 2.36. The zero-order valence-corrected chi connectivity index (χ0v) is 31.9. The Balaban J connectivity index is 1.76. The Kier molecular flexibility index (Phi) is 11.8. The van der Waals surface area contributed by atoms with E-state index in [1.54, 1.807) is 32.9 Å². The van der Waals surface area contributed by atoms with Crippen molar-refractivity contribution in [3.8, 4) is 11.1 Å². The molecule has 3 aromatic rings. The van der Waals surface area contributed by atoms with Crippen molar-refractivity contribution < 1.29 is 32.8 Å².